The summed E-state index contributed by atoms with van der Waals surface area (Å²) in [7, 11) is 0. The summed E-state index contributed by atoms with van der Waals surface area (Å²) in [6.45, 7) is 14.2. The molecule has 0 aliphatic carbocycles. The molecule has 0 N–H and O–H groups in total. The molecule has 0 bridgehead atoms. The lowest BCUT2D eigenvalue weighted by Gasteiger charge is -2.32. The van der Waals surface area contributed by atoms with Crippen LogP contribution in [0.15, 0.2) is 0 Å². The molecule has 0 aromatic rings. The Morgan fingerprint density at radius 2 is 1.27 bits per heavy atom. The third-order valence-corrected chi connectivity index (χ3v) is 2.97. The minimum absolute atomic E-state index is 0.479. The van der Waals surface area contributed by atoms with Crippen LogP contribution >= 0.6 is 0 Å². The molecule has 0 aromatic heterocycles. The first-order chi connectivity index (χ1) is 6.77. The monoisotopic (exact) mass is 212 g/mol. The van der Waals surface area contributed by atoms with Gasteiger partial charge in [0.2, 0.25) is 0 Å². The summed E-state index contributed by atoms with van der Waals surface area (Å²) in [5.74, 6) is 0. The average molecular weight is 212 g/mol. The van der Waals surface area contributed by atoms with Gasteiger partial charge in [0.25, 0.3) is 0 Å². The van der Waals surface area contributed by atoms with Gasteiger partial charge in [0.15, 0.2) is 0 Å². The van der Waals surface area contributed by atoms with Crippen LogP contribution in [0.4, 0.5) is 0 Å². The van der Waals surface area contributed by atoms with Crippen LogP contribution < -0.4 is 0 Å². The van der Waals surface area contributed by atoms with E-state index in [0.717, 1.165) is 0 Å². The highest BCUT2D eigenvalue weighted by Gasteiger charge is 2.24. The lowest BCUT2D eigenvalue weighted by atomic mass is 9.73. The van der Waals surface area contributed by atoms with Crippen LogP contribution in [0.2, 0.25) is 0 Å². The molecule has 0 nitrogen and oxygen atoms in total. The quantitative estimate of drug-likeness (QED) is 0.467. The van der Waals surface area contributed by atoms with Crippen molar-refractivity contribution in [3.05, 3.63) is 0 Å². The summed E-state index contributed by atoms with van der Waals surface area (Å²) < 4.78 is 0. The Labute approximate surface area is 97.8 Å². The molecule has 92 valence electrons. The van der Waals surface area contributed by atoms with E-state index in [9.17, 15) is 0 Å². The molecule has 0 saturated carbocycles. The van der Waals surface area contributed by atoms with E-state index in [1.54, 1.807) is 0 Å². The zero-order chi connectivity index (χ0) is 11.9. The molecule has 0 aromatic carbocycles. The summed E-state index contributed by atoms with van der Waals surface area (Å²) in [6.07, 6.45) is 9.79. The van der Waals surface area contributed by atoms with Crippen LogP contribution in [0.5, 0.6) is 0 Å². The second-order valence-electron chi connectivity index (χ2n) is 7.07. The number of rotatable bonds is 7. The SMILES string of the molecule is CCCCCCCC(C)(C)CC(C)(C)C. The summed E-state index contributed by atoms with van der Waals surface area (Å²) >= 11 is 0. The van der Waals surface area contributed by atoms with E-state index >= 15 is 0 Å². The van der Waals surface area contributed by atoms with Crippen molar-refractivity contribution in [3.63, 3.8) is 0 Å². The van der Waals surface area contributed by atoms with Crippen molar-refractivity contribution < 1.29 is 0 Å². The molecule has 0 rings (SSSR count). The van der Waals surface area contributed by atoms with E-state index in [-0.39, 0.29) is 0 Å². The molecule has 0 aliphatic heterocycles. The first-order valence-corrected chi connectivity index (χ1v) is 6.77. The molecule has 15 heavy (non-hydrogen) atoms. The Morgan fingerprint density at radius 3 is 1.73 bits per heavy atom. The van der Waals surface area contributed by atoms with Crippen molar-refractivity contribution in [3.8, 4) is 0 Å². The van der Waals surface area contributed by atoms with Gasteiger partial charge in [-0.2, -0.15) is 0 Å². The second-order valence-corrected chi connectivity index (χ2v) is 7.07. The molecule has 0 unspecified atom stereocenters. The van der Waals surface area contributed by atoms with Crippen molar-refractivity contribution in [2.24, 2.45) is 10.8 Å². The van der Waals surface area contributed by atoms with E-state index in [1.165, 1.54) is 44.9 Å². The van der Waals surface area contributed by atoms with Gasteiger partial charge in [-0.15, -0.1) is 0 Å². The normalized spacial score (nSPS) is 13.2. The van der Waals surface area contributed by atoms with E-state index in [2.05, 4.69) is 41.5 Å². The fourth-order valence-electron chi connectivity index (χ4n) is 2.73. The molecular formula is C15H32. The van der Waals surface area contributed by atoms with Crippen LogP contribution in [0, 0.1) is 10.8 Å². The van der Waals surface area contributed by atoms with Gasteiger partial charge < -0.3 is 0 Å². The van der Waals surface area contributed by atoms with Crippen molar-refractivity contribution >= 4 is 0 Å². The predicted molar refractivity (Wildman–Crippen MR) is 71.2 cm³/mol. The zero-order valence-corrected chi connectivity index (χ0v) is 11.9. The maximum absolute atomic E-state index is 2.43. The van der Waals surface area contributed by atoms with Gasteiger partial charge in [-0.3, -0.25) is 0 Å². The highest BCUT2D eigenvalue weighted by Crippen LogP contribution is 2.36. The van der Waals surface area contributed by atoms with Gasteiger partial charge in [-0.25, -0.2) is 0 Å². The van der Waals surface area contributed by atoms with Gasteiger partial charge in [-0.1, -0.05) is 73.6 Å². The van der Waals surface area contributed by atoms with Crippen LogP contribution in [0.25, 0.3) is 0 Å². The molecule has 0 heterocycles. The average Bonchev–Trinajstić information content (AvgIpc) is 1.99. The van der Waals surface area contributed by atoms with Crippen molar-refractivity contribution in [2.45, 2.75) is 86.5 Å². The Hall–Kier alpha value is 0. The van der Waals surface area contributed by atoms with Gasteiger partial charge in [-0.05, 0) is 23.7 Å². The van der Waals surface area contributed by atoms with Crippen molar-refractivity contribution in [2.75, 3.05) is 0 Å². The van der Waals surface area contributed by atoms with Crippen LogP contribution in [-0.4, -0.2) is 0 Å². The molecule has 0 radical (unpaired) electrons. The molecule has 0 heteroatoms. The minimum Gasteiger partial charge on any atom is -0.0654 e. The van der Waals surface area contributed by atoms with E-state index in [4.69, 9.17) is 0 Å². The van der Waals surface area contributed by atoms with Crippen molar-refractivity contribution in [1.82, 2.24) is 0 Å². The third-order valence-electron chi connectivity index (χ3n) is 2.97. The van der Waals surface area contributed by atoms with Gasteiger partial charge in [0.1, 0.15) is 0 Å². The number of hydrogen-bond donors (Lipinski definition) is 0. The van der Waals surface area contributed by atoms with Gasteiger partial charge >= 0.3 is 0 Å². The minimum atomic E-state index is 0.479. The number of unbranched alkanes of at least 4 members (excludes halogenated alkanes) is 4. The summed E-state index contributed by atoms with van der Waals surface area (Å²) in [6, 6.07) is 0. The fraction of sp³-hybridized carbons (Fsp3) is 1.00. The highest BCUT2D eigenvalue weighted by molar-refractivity contribution is 4.76. The molecule has 0 spiro atoms. The third kappa shape index (κ3) is 10.3. The Morgan fingerprint density at radius 1 is 0.733 bits per heavy atom. The largest absolute Gasteiger partial charge is 0.0654 e. The molecule has 0 atom stereocenters. The second kappa shape index (κ2) is 6.55. The Balaban J connectivity index is 3.65. The molecular weight excluding hydrogens is 180 g/mol. The smallest absolute Gasteiger partial charge is 0.0349 e. The first-order valence-electron chi connectivity index (χ1n) is 6.77. The Kier molecular flexibility index (Phi) is 6.55. The highest BCUT2D eigenvalue weighted by atomic mass is 14.3. The molecule has 0 saturated heterocycles. The molecule has 0 fully saturated rings. The molecule has 0 amide bonds. The van der Waals surface area contributed by atoms with Gasteiger partial charge in [0, 0.05) is 0 Å². The number of hydrogen-bond acceptors (Lipinski definition) is 0. The molecule has 0 aliphatic rings. The zero-order valence-electron chi connectivity index (χ0n) is 11.9. The Bertz CT molecular complexity index is 148. The van der Waals surface area contributed by atoms with E-state index in [1.807, 2.05) is 0 Å². The van der Waals surface area contributed by atoms with Gasteiger partial charge in [0.05, 0.1) is 0 Å². The summed E-state index contributed by atoms with van der Waals surface area (Å²) in [5, 5.41) is 0. The van der Waals surface area contributed by atoms with Crippen molar-refractivity contribution in [1.29, 1.82) is 0 Å². The predicted octanol–water partition coefficient (Wildman–Crippen LogP) is 5.81. The summed E-state index contributed by atoms with van der Waals surface area (Å²) in [4.78, 5) is 0. The summed E-state index contributed by atoms with van der Waals surface area (Å²) in [5.41, 5.74) is 1.01. The first kappa shape index (κ1) is 15.0. The topological polar surface area (TPSA) is 0 Å². The fourth-order valence-corrected chi connectivity index (χ4v) is 2.73. The van der Waals surface area contributed by atoms with E-state index < -0.39 is 0 Å². The van der Waals surface area contributed by atoms with Crippen LogP contribution in [0.3, 0.4) is 0 Å². The van der Waals surface area contributed by atoms with E-state index in [0.29, 0.717) is 10.8 Å². The maximum Gasteiger partial charge on any atom is -0.0349 e. The maximum atomic E-state index is 2.43. The lowest BCUT2D eigenvalue weighted by Crippen LogP contribution is -2.20. The van der Waals surface area contributed by atoms with Crippen LogP contribution in [-0.2, 0) is 0 Å². The standard InChI is InChI=1S/C15H32/c1-7-8-9-10-11-12-15(5,6)13-14(2,3)4/h7-13H2,1-6H3. The van der Waals surface area contributed by atoms with Crippen LogP contribution in [0.1, 0.15) is 86.5 Å². The lowest BCUT2D eigenvalue weighted by molar-refractivity contribution is 0.194.